The first kappa shape index (κ1) is 21.0. The van der Waals surface area contributed by atoms with E-state index >= 15 is 0 Å². The van der Waals surface area contributed by atoms with E-state index in [2.05, 4.69) is 5.32 Å². The molecule has 0 bridgehead atoms. The SMILES string of the molecule is CCOc1cc(CNCC(O)c2ccc(F)cc2)ccc1OCC(F)(F)F. The fraction of sp³-hybridized carbons (Fsp3) is 0.368. The Morgan fingerprint density at radius 2 is 1.74 bits per heavy atom. The summed E-state index contributed by atoms with van der Waals surface area (Å²) in [7, 11) is 0. The maximum atomic E-state index is 12.9. The van der Waals surface area contributed by atoms with Crippen molar-refractivity contribution in [1.82, 2.24) is 5.32 Å². The monoisotopic (exact) mass is 387 g/mol. The summed E-state index contributed by atoms with van der Waals surface area (Å²) in [5.74, 6) is -0.139. The molecular weight excluding hydrogens is 366 g/mol. The molecule has 148 valence electrons. The van der Waals surface area contributed by atoms with Crippen molar-refractivity contribution in [3.63, 3.8) is 0 Å². The molecule has 0 spiro atoms. The molecule has 2 N–H and O–H groups in total. The summed E-state index contributed by atoms with van der Waals surface area (Å²) in [5.41, 5.74) is 1.33. The van der Waals surface area contributed by atoms with E-state index in [4.69, 9.17) is 9.47 Å². The highest BCUT2D eigenvalue weighted by molar-refractivity contribution is 5.43. The number of hydrogen-bond donors (Lipinski definition) is 2. The number of aliphatic hydroxyl groups excluding tert-OH is 1. The molecule has 0 heterocycles. The number of rotatable bonds is 9. The summed E-state index contributed by atoms with van der Waals surface area (Å²) in [6.45, 7) is 1.19. The number of nitrogens with one attached hydrogen (secondary N) is 1. The Hall–Kier alpha value is -2.32. The molecule has 0 saturated carbocycles. The van der Waals surface area contributed by atoms with Gasteiger partial charge in [0.05, 0.1) is 12.7 Å². The molecule has 1 atom stereocenters. The van der Waals surface area contributed by atoms with Crippen LogP contribution in [-0.4, -0.2) is 31.0 Å². The van der Waals surface area contributed by atoms with E-state index in [1.807, 2.05) is 0 Å². The summed E-state index contributed by atoms with van der Waals surface area (Å²) in [5, 5.41) is 13.1. The minimum atomic E-state index is -4.43. The van der Waals surface area contributed by atoms with Gasteiger partial charge >= 0.3 is 6.18 Å². The fourth-order valence-electron chi connectivity index (χ4n) is 2.37. The molecule has 2 aromatic rings. The molecule has 2 aromatic carbocycles. The van der Waals surface area contributed by atoms with Crippen molar-refractivity contribution in [3.05, 3.63) is 59.4 Å². The molecule has 0 amide bonds. The summed E-state index contributed by atoms with van der Waals surface area (Å²) >= 11 is 0. The van der Waals surface area contributed by atoms with Crippen LogP contribution in [0.4, 0.5) is 17.6 Å². The van der Waals surface area contributed by atoms with Crippen molar-refractivity contribution in [1.29, 1.82) is 0 Å². The average molecular weight is 387 g/mol. The van der Waals surface area contributed by atoms with Crippen LogP contribution in [0.15, 0.2) is 42.5 Å². The minimum absolute atomic E-state index is 0.0178. The van der Waals surface area contributed by atoms with Gasteiger partial charge in [-0.2, -0.15) is 13.2 Å². The zero-order valence-electron chi connectivity index (χ0n) is 14.7. The summed E-state index contributed by atoms with van der Waals surface area (Å²) in [6.07, 6.45) is -5.24. The number of aliphatic hydroxyl groups is 1. The highest BCUT2D eigenvalue weighted by atomic mass is 19.4. The predicted molar refractivity (Wildman–Crippen MR) is 92.2 cm³/mol. The second kappa shape index (κ2) is 9.57. The Balaban J connectivity index is 1.93. The lowest BCUT2D eigenvalue weighted by molar-refractivity contribution is -0.153. The number of ether oxygens (including phenoxy) is 2. The van der Waals surface area contributed by atoms with Crippen LogP contribution in [0.3, 0.4) is 0 Å². The number of halogens is 4. The van der Waals surface area contributed by atoms with Gasteiger partial charge in [0.25, 0.3) is 0 Å². The van der Waals surface area contributed by atoms with Crippen LogP contribution in [-0.2, 0) is 6.54 Å². The third kappa shape index (κ3) is 7.07. The molecule has 0 radical (unpaired) electrons. The molecule has 0 fully saturated rings. The normalized spacial score (nSPS) is 12.7. The maximum absolute atomic E-state index is 12.9. The summed E-state index contributed by atoms with van der Waals surface area (Å²) in [4.78, 5) is 0. The third-order valence-corrected chi connectivity index (χ3v) is 3.62. The van der Waals surface area contributed by atoms with Crippen LogP contribution < -0.4 is 14.8 Å². The molecule has 0 aromatic heterocycles. The highest BCUT2D eigenvalue weighted by Gasteiger charge is 2.29. The smallest absolute Gasteiger partial charge is 0.422 e. The van der Waals surface area contributed by atoms with E-state index in [0.717, 1.165) is 5.56 Å². The van der Waals surface area contributed by atoms with Crippen LogP contribution in [0.25, 0.3) is 0 Å². The first-order chi connectivity index (χ1) is 12.8. The molecule has 27 heavy (non-hydrogen) atoms. The van der Waals surface area contributed by atoms with E-state index in [1.165, 1.54) is 30.3 Å². The van der Waals surface area contributed by atoms with E-state index < -0.39 is 18.9 Å². The van der Waals surface area contributed by atoms with Gasteiger partial charge in [-0.25, -0.2) is 4.39 Å². The summed E-state index contributed by atoms with van der Waals surface area (Å²) < 4.78 is 60.0. The van der Waals surface area contributed by atoms with E-state index in [9.17, 15) is 22.7 Å². The molecule has 0 aliphatic heterocycles. The minimum Gasteiger partial charge on any atom is -0.490 e. The van der Waals surface area contributed by atoms with Crippen LogP contribution >= 0.6 is 0 Å². The maximum Gasteiger partial charge on any atom is 0.422 e. The van der Waals surface area contributed by atoms with E-state index in [0.29, 0.717) is 12.1 Å². The predicted octanol–water partition coefficient (Wildman–Crippen LogP) is 3.99. The van der Waals surface area contributed by atoms with E-state index in [1.54, 1.807) is 19.1 Å². The van der Waals surface area contributed by atoms with Gasteiger partial charge < -0.3 is 19.9 Å². The lowest BCUT2D eigenvalue weighted by atomic mass is 10.1. The molecular formula is C19H21F4NO3. The Morgan fingerprint density at radius 3 is 2.37 bits per heavy atom. The fourth-order valence-corrected chi connectivity index (χ4v) is 2.37. The van der Waals surface area contributed by atoms with Gasteiger partial charge in [-0.05, 0) is 42.3 Å². The van der Waals surface area contributed by atoms with Crippen LogP contribution in [0, 0.1) is 5.82 Å². The van der Waals surface area contributed by atoms with Crippen LogP contribution in [0.2, 0.25) is 0 Å². The number of alkyl halides is 3. The first-order valence-electron chi connectivity index (χ1n) is 8.38. The van der Waals surface area contributed by atoms with Crippen molar-refractivity contribution in [2.75, 3.05) is 19.8 Å². The molecule has 8 heteroatoms. The molecule has 0 saturated heterocycles. The van der Waals surface area contributed by atoms with Gasteiger partial charge in [0.15, 0.2) is 18.1 Å². The second-order valence-electron chi connectivity index (χ2n) is 5.82. The number of hydrogen-bond acceptors (Lipinski definition) is 4. The van der Waals surface area contributed by atoms with Crippen LogP contribution in [0.1, 0.15) is 24.2 Å². The lowest BCUT2D eigenvalue weighted by Gasteiger charge is -2.15. The standard InChI is InChI=1S/C19H21F4NO3/c1-2-26-18-9-13(3-8-17(18)27-12-19(21,22)23)10-24-11-16(25)14-4-6-15(20)7-5-14/h3-9,16,24-25H,2,10-12H2,1H3. The van der Waals surface area contributed by atoms with Crippen molar-refractivity contribution < 1.29 is 32.1 Å². The second-order valence-corrected chi connectivity index (χ2v) is 5.82. The van der Waals surface area contributed by atoms with Gasteiger partial charge in [0.1, 0.15) is 5.82 Å². The third-order valence-electron chi connectivity index (χ3n) is 3.62. The number of benzene rings is 2. The topological polar surface area (TPSA) is 50.7 Å². The van der Waals surface area contributed by atoms with Crippen molar-refractivity contribution in [2.45, 2.75) is 25.7 Å². The molecule has 0 aliphatic carbocycles. The van der Waals surface area contributed by atoms with Crippen LogP contribution in [0.5, 0.6) is 11.5 Å². The van der Waals surface area contributed by atoms with Gasteiger partial charge in [0.2, 0.25) is 0 Å². The Bertz CT molecular complexity index is 720. The van der Waals surface area contributed by atoms with Gasteiger partial charge in [-0.15, -0.1) is 0 Å². The zero-order valence-corrected chi connectivity index (χ0v) is 14.7. The molecule has 0 aliphatic rings. The van der Waals surface area contributed by atoms with E-state index in [-0.39, 0.29) is 30.5 Å². The first-order valence-corrected chi connectivity index (χ1v) is 8.38. The molecule has 1 unspecified atom stereocenters. The largest absolute Gasteiger partial charge is 0.490 e. The highest BCUT2D eigenvalue weighted by Crippen LogP contribution is 2.30. The molecule has 4 nitrogen and oxygen atoms in total. The van der Waals surface area contributed by atoms with Crippen molar-refractivity contribution in [3.8, 4) is 11.5 Å². The van der Waals surface area contributed by atoms with Crippen molar-refractivity contribution >= 4 is 0 Å². The average Bonchev–Trinajstić information content (AvgIpc) is 2.61. The Labute approximate surface area is 154 Å². The zero-order chi connectivity index (χ0) is 19.9. The van der Waals surface area contributed by atoms with Crippen molar-refractivity contribution in [2.24, 2.45) is 0 Å². The molecule has 2 rings (SSSR count). The Kier molecular flexibility index (Phi) is 7.44. The lowest BCUT2D eigenvalue weighted by Crippen LogP contribution is -2.21. The van der Waals surface area contributed by atoms with Gasteiger partial charge in [-0.1, -0.05) is 18.2 Å². The summed E-state index contributed by atoms with van der Waals surface area (Å²) in [6, 6.07) is 10.2. The van der Waals surface area contributed by atoms with Gasteiger partial charge in [0, 0.05) is 13.1 Å². The van der Waals surface area contributed by atoms with Gasteiger partial charge in [-0.3, -0.25) is 0 Å². The Morgan fingerprint density at radius 1 is 1.04 bits per heavy atom. The quantitative estimate of drug-likeness (QED) is 0.639.